The lowest BCUT2D eigenvalue weighted by Gasteiger charge is -2.08. The molecule has 0 aliphatic carbocycles. The first-order chi connectivity index (χ1) is 13.1. The topological polar surface area (TPSA) is 124 Å². The summed E-state index contributed by atoms with van der Waals surface area (Å²) < 4.78 is 21.5. The van der Waals surface area contributed by atoms with Crippen molar-refractivity contribution in [2.75, 3.05) is 6.79 Å². The van der Waals surface area contributed by atoms with Crippen LogP contribution >= 0.6 is 0 Å². The molecule has 10 nitrogen and oxygen atoms in total. The summed E-state index contributed by atoms with van der Waals surface area (Å²) in [5, 5.41) is 9.52. The smallest absolute Gasteiger partial charge is 0.273 e. The van der Waals surface area contributed by atoms with E-state index in [2.05, 4.69) is 25.5 Å². The van der Waals surface area contributed by atoms with Gasteiger partial charge >= 0.3 is 0 Å². The zero-order valence-electron chi connectivity index (χ0n) is 14.7. The Morgan fingerprint density at radius 2 is 2.19 bits per heavy atom. The summed E-state index contributed by atoms with van der Waals surface area (Å²) in [4.78, 5) is 20.6. The standard InChI is InChI=1S/C17H17N5O5/c1-9(16-19-10(2)21-22-16)18-17(23)12-6-25-15(20-12)7-24-11-3-4-13-14(5-11)27-8-26-13/h3-6,9H,7-8H2,1-2H3,(H,18,23)(H,19,21,22)/t9-/m1/s1. The van der Waals surface area contributed by atoms with E-state index in [0.717, 1.165) is 0 Å². The summed E-state index contributed by atoms with van der Waals surface area (Å²) in [6.07, 6.45) is 1.28. The molecule has 1 aliphatic heterocycles. The second kappa shape index (κ2) is 6.98. The monoisotopic (exact) mass is 371 g/mol. The number of aromatic nitrogens is 4. The lowest BCUT2D eigenvalue weighted by molar-refractivity contribution is 0.0933. The molecule has 27 heavy (non-hydrogen) atoms. The lowest BCUT2D eigenvalue weighted by Crippen LogP contribution is -2.27. The summed E-state index contributed by atoms with van der Waals surface area (Å²) in [7, 11) is 0. The van der Waals surface area contributed by atoms with Crippen LogP contribution < -0.4 is 19.5 Å². The van der Waals surface area contributed by atoms with Crippen LogP contribution in [-0.4, -0.2) is 32.9 Å². The highest BCUT2D eigenvalue weighted by Crippen LogP contribution is 2.35. The molecule has 1 aromatic carbocycles. The number of amides is 1. The van der Waals surface area contributed by atoms with Crippen molar-refractivity contribution in [2.24, 2.45) is 0 Å². The fourth-order valence-corrected chi connectivity index (χ4v) is 2.48. The number of rotatable bonds is 6. The number of aromatic amines is 1. The normalized spacial score (nSPS) is 13.4. The maximum absolute atomic E-state index is 12.3. The molecule has 0 fully saturated rings. The van der Waals surface area contributed by atoms with Gasteiger partial charge in [0.1, 0.15) is 17.8 Å². The minimum atomic E-state index is -0.386. The first-order valence-electron chi connectivity index (χ1n) is 8.25. The molecule has 3 aromatic rings. The van der Waals surface area contributed by atoms with Gasteiger partial charge in [0.2, 0.25) is 12.7 Å². The van der Waals surface area contributed by atoms with Crippen molar-refractivity contribution in [1.29, 1.82) is 0 Å². The number of nitrogens with one attached hydrogen (secondary N) is 2. The van der Waals surface area contributed by atoms with Gasteiger partial charge in [0.05, 0.1) is 6.04 Å². The Bertz CT molecular complexity index is 966. The van der Waals surface area contributed by atoms with E-state index in [1.165, 1.54) is 6.26 Å². The average Bonchev–Trinajstić information content (AvgIpc) is 3.39. The Balaban J connectivity index is 1.34. The maximum Gasteiger partial charge on any atom is 0.273 e. The molecule has 2 aromatic heterocycles. The third kappa shape index (κ3) is 3.68. The quantitative estimate of drug-likeness (QED) is 0.673. The van der Waals surface area contributed by atoms with Crippen molar-refractivity contribution >= 4 is 5.91 Å². The molecule has 0 bridgehead atoms. The number of oxazole rings is 1. The predicted molar refractivity (Wildman–Crippen MR) is 90.4 cm³/mol. The van der Waals surface area contributed by atoms with Gasteiger partial charge in [0, 0.05) is 6.07 Å². The van der Waals surface area contributed by atoms with E-state index in [1.807, 2.05) is 0 Å². The Morgan fingerprint density at radius 3 is 3.00 bits per heavy atom. The second-order valence-electron chi connectivity index (χ2n) is 5.90. The van der Waals surface area contributed by atoms with E-state index < -0.39 is 0 Å². The number of hydrogen-bond acceptors (Lipinski definition) is 8. The SMILES string of the molecule is Cc1nc([C@@H](C)NC(=O)c2coc(COc3ccc4c(c3)OCO4)n2)n[nH]1. The van der Waals surface area contributed by atoms with Gasteiger partial charge in [0.25, 0.3) is 5.91 Å². The van der Waals surface area contributed by atoms with Crippen LogP contribution in [0.3, 0.4) is 0 Å². The van der Waals surface area contributed by atoms with Gasteiger partial charge in [-0.3, -0.25) is 9.89 Å². The van der Waals surface area contributed by atoms with Gasteiger partial charge in [-0.25, -0.2) is 9.97 Å². The molecule has 2 N–H and O–H groups in total. The highest BCUT2D eigenvalue weighted by molar-refractivity contribution is 5.92. The molecule has 0 unspecified atom stereocenters. The van der Waals surface area contributed by atoms with Crippen LogP contribution in [0, 0.1) is 6.92 Å². The van der Waals surface area contributed by atoms with E-state index in [0.29, 0.717) is 28.9 Å². The van der Waals surface area contributed by atoms with E-state index in [4.69, 9.17) is 18.6 Å². The molecule has 0 radical (unpaired) electrons. The van der Waals surface area contributed by atoms with E-state index in [9.17, 15) is 4.79 Å². The fraction of sp³-hybridized carbons (Fsp3) is 0.294. The first kappa shape index (κ1) is 16.9. The zero-order valence-corrected chi connectivity index (χ0v) is 14.7. The van der Waals surface area contributed by atoms with Crippen LogP contribution in [-0.2, 0) is 6.61 Å². The molecule has 1 amide bonds. The molecule has 0 saturated heterocycles. The highest BCUT2D eigenvalue weighted by atomic mass is 16.7. The molecule has 4 rings (SSSR count). The van der Waals surface area contributed by atoms with Crippen LogP contribution in [0.5, 0.6) is 17.2 Å². The fourth-order valence-electron chi connectivity index (χ4n) is 2.48. The maximum atomic E-state index is 12.3. The van der Waals surface area contributed by atoms with E-state index in [1.54, 1.807) is 32.0 Å². The first-order valence-corrected chi connectivity index (χ1v) is 8.25. The molecular formula is C17H17N5O5. The lowest BCUT2D eigenvalue weighted by atomic mass is 10.3. The van der Waals surface area contributed by atoms with E-state index >= 15 is 0 Å². The summed E-state index contributed by atoms with van der Waals surface area (Å²) >= 11 is 0. The van der Waals surface area contributed by atoms with Crippen molar-refractivity contribution in [3.05, 3.63) is 47.7 Å². The molecule has 0 saturated carbocycles. The largest absolute Gasteiger partial charge is 0.484 e. The Hall–Kier alpha value is -3.56. The Labute approximate surface area is 153 Å². The zero-order chi connectivity index (χ0) is 18.8. The van der Waals surface area contributed by atoms with Crippen molar-refractivity contribution in [3.63, 3.8) is 0 Å². The van der Waals surface area contributed by atoms with Crippen molar-refractivity contribution in [1.82, 2.24) is 25.5 Å². The molecule has 1 aliphatic rings. The third-order valence-corrected chi connectivity index (χ3v) is 3.84. The van der Waals surface area contributed by atoms with Crippen LogP contribution in [0.2, 0.25) is 0 Å². The predicted octanol–water partition coefficient (Wildman–Crippen LogP) is 1.90. The van der Waals surface area contributed by atoms with Gasteiger partial charge < -0.3 is 23.9 Å². The van der Waals surface area contributed by atoms with Crippen LogP contribution in [0.1, 0.15) is 41.0 Å². The summed E-state index contributed by atoms with van der Waals surface area (Å²) in [5.74, 6) is 2.94. The number of benzene rings is 1. The Morgan fingerprint density at radius 1 is 1.33 bits per heavy atom. The van der Waals surface area contributed by atoms with Gasteiger partial charge in [-0.15, -0.1) is 0 Å². The van der Waals surface area contributed by atoms with Gasteiger partial charge in [-0.2, -0.15) is 5.10 Å². The van der Waals surface area contributed by atoms with Gasteiger partial charge in [-0.1, -0.05) is 0 Å². The minimum absolute atomic E-state index is 0.0720. The van der Waals surface area contributed by atoms with Gasteiger partial charge in [-0.05, 0) is 26.0 Å². The van der Waals surface area contributed by atoms with Crippen molar-refractivity contribution < 1.29 is 23.4 Å². The number of aryl methyl sites for hydroxylation is 1. The minimum Gasteiger partial charge on any atom is -0.484 e. The number of hydrogen-bond donors (Lipinski definition) is 2. The summed E-state index contributed by atoms with van der Waals surface area (Å²) in [6.45, 7) is 3.84. The number of nitrogens with zero attached hydrogens (tertiary/aromatic N) is 3. The third-order valence-electron chi connectivity index (χ3n) is 3.84. The van der Waals surface area contributed by atoms with Crippen molar-refractivity contribution in [2.45, 2.75) is 26.5 Å². The molecule has 0 spiro atoms. The number of fused-ring (bicyclic) bond motifs is 1. The molecule has 1 atom stereocenters. The van der Waals surface area contributed by atoms with Crippen LogP contribution in [0.4, 0.5) is 0 Å². The number of carbonyl (C=O) groups excluding carboxylic acids is 1. The molecule has 3 heterocycles. The summed E-state index contributed by atoms with van der Waals surface area (Å²) in [5.41, 5.74) is 0.151. The Kier molecular flexibility index (Phi) is 4.37. The van der Waals surface area contributed by atoms with E-state index in [-0.39, 0.29) is 36.9 Å². The molecular weight excluding hydrogens is 354 g/mol. The molecule has 140 valence electrons. The van der Waals surface area contributed by atoms with Crippen molar-refractivity contribution in [3.8, 4) is 17.2 Å². The number of H-pyrrole nitrogens is 1. The highest BCUT2D eigenvalue weighted by Gasteiger charge is 2.19. The van der Waals surface area contributed by atoms with Gasteiger partial charge in [0.15, 0.2) is 29.6 Å². The summed E-state index contributed by atoms with van der Waals surface area (Å²) in [6, 6.07) is 4.87. The molecule has 10 heteroatoms. The van der Waals surface area contributed by atoms with Crippen LogP contribution in [0.15, 0.2) is 28.9 Å². The van der Waals surface area contributed by atoms with Crippen LogP contribution in [0.25, 0.3) is 0 Å². The number of carbonyl (C=O) groups is 1. The number of ether oxygens (including phenoxy) is 3. The average molecular weight is 371 g/mol. The second-order valence-corrected chi connectivity index (χ2v) is 5.90.